The van der Waals surface area contributed by atoms with Crippen LogP contribution in [0.25, 0.3) is 17.5 Å². The molecule has 0 aliphatic heterocycles. The Hall–Kier alpha value is -4.45. The third-order valence-electron chi connectivity index (χ3n) is 5.49. The molecule has 0 spiro atoms. The molecule has 208 valence electrons. The van der Waals surface area contributed by atoms with Crippen molar-refractivity contribution >= 4 is 21.8 Å². The standard InChI is InChI=1S/C28H24F3N3O5S/c29-28(30,31)27-33-26(34-39-27)22-12-14-24(15-13-22)38-17-23(19-40(36,37)18-21-9-5-2-6-10-21)32-25(35)16-11-20-7-3-1-4-8-20/h1-16,23H,17-19H2,(H,32,35)/b16-11+/t23-/m1/s1. The van der Waals surface area contributed by atoms with Crippen LogP contribution < -0.4 is 10.1 Å². The number of alkyl halides is 3. The third-order valence-corrected chi connectivity index (χ3v) is 7.17. The van der Waals surface area contributed by atoms with Crippen molar-refractivity contribution < 1.29 is 35.6 Å². The molecule has 0 saturated carbocycles. The van der Waals surface area contributed by atoms with E-state index in [0.29, 0.717) is 11.3 Å². The van der Waals surface area contributed by atoms with E-state index in [1.54, 1.807) is 36.4 Å². The summed E-state index contributed by atoms with van der Waals surface area (Å²) in [7, 11) is -3.64. The number of carbonyl (C=O) groups is 1. The fraction of sp³-hybridized carbons (Fsp3) is 0.179. The molecule has 1 amide bonds. The lowest BCUT2D eigenvalue weighted by atomic mass is 10.2. The maximum atomic E-state index is 12.9. The van der Waals surface area contributed by atoms with E-state index in [-0.39, 0.29) is 29.5 Å². The van der Waals surface area contributed by atoms with E-state index in [1.165, 1.54) is 30.3 Å². The molecular weight excluding hydrogens is 547 g/mol. The van der Waals surface area contributed by atoms with Crippen LogP contribution in [0.5, 0.6) is 5.75 Å². The van der Waals surface area contributed by atoms with Crippen LogP contribution in [-0.2, 0) is 26.6 Å². The molecule has 4 aromatic rings. The zero-order valence-electron chi connectivity index (χ0n) is 20.9. The van der Waals surface area contributed by atoms with Crippen molar-refractivity contribution in [3.63, 3.8) is 0 Å². The Morgan fingerprint density at radius 3 is 2.25 bits per heavy atom. The molecule has 1 heterocycles. The molecule has 1 N–H and O–H groups in total. The molecule has 0 aliphatic rings. The second-order valence-corrected chi connectivity index (χ2v) is 10.9. The van der Waals surface area contributed by atoms with Gasteiger partial charge in [0.2, 0.25) is 11.7 Å². The van der Waals surface area contributed by atoms with E-state index in [0.717, 1.165) is 5.56 Å². The van der Waals surface area contributed by atoms with Crippen LogP contribution in [0.1, 0.15) is 17.0 Å². The van der Waals surface area contributed by atoms with Crippen LogP contribution in [0.2, 0.25) is 0 Å². The molecule has 0 unspecified atom stereocenters. The normalized spacial score (nSPS) is 12.8. The quantitative estimate of drug-likeness (QED) is 0.254. The van der Waals surface area contributed by atoms with Gasteiger partial charge in [-0.05, 0) is 41.5 Å². The number of sulfone groups is 1. The average Bonchev–Trinajstić information content (AvgIpc) is 3.43. The molecule has 40 heavy (non-hydrogen) atoms. The molecule has 4 rings (SSSR count). The fourth-order valence-electron chi connectivity index (χ4n) is 3.66. The highest BCUT2D eigenvalue weighted by atomic mass is 32.2. The first-order valence-corrected chi connectivity index (χ1v) is 13.8. The van der Waals surface area contributed by atoms with Gasteiger partial charge in [0.05, 0.1) is 17.5 Å². The van der Waals surface area contributed by atoms with Crippen LogP contribution in [0, 0.1) is 0 Å². The minimum Gasteiger partial charge on any atom is -0.491 e. The van der Waals surface area contributed by atoms with Gasteiger partial charge in [-0.2, -0.15) is 18.2 Å². The van der Waals surface area contributed by atoms with Crippen molar-refractivity contribution in [2.24, 2.45) is 0 Å². The number of carbonyl (C=O) groups excluding carboxylic acids is 1. The lowest BCUT2D eigenvalue weighted by Gasteiger charge is -2.19. The van der Waals surface area contributed by atoms with Crippen LogP contribution >= 0.6 is 0 Å². The van der Waals surface area contributed by atoms with Crippen LogP contribution in [0.3, 0.4) is 0 Å². The molecule has 1 aromatic heterocycles. The zero-order valence-corrected chi connectivity index (χ0v) is 21.7. The van der Waals surface area contributed by atoms with Crippen LogP contribution in [0.15, 0.2) is 95.5 Å². The van der Waals surface area contributed by atoms with Gasteiger partial charge in [-0.25, -0.2) is 8.42 Å². The largest absolute Gasteiger partial charge is 0.491 e. The maximum absolute atomic E-state index is 12.9. The molecule has 0 fully saturated rings. The van der Waals surface area contributed by atoms with Crippen molar-refractivity contribution in [3.8, 4) is 17.1 Å². The van der Waals surface area contributed by atoms with Crippen molar-refractivity contribution in [1.82, 2.24) is 15.5 Å². The Kier molecular flexibility index (Phi) is 9.00. The summed E-state index contributed by atoms with van der Waals surface area (Å²) < 4.78 is 74.0. The summed E-state index contributed by atoms with van der Waals surface area (Å²) in [5, 5.41) is 6.02. The summed E-state index contributed by atoms with van der Waals surface area (Å²) in [6.07, 6.45) is -1.85. The summed E-state index contributed by atoms with van der Waals surface area (Å²) in [5.41, 5.74) is 1.67. The van der Waals surface area contributed by atoms with E-state index >= 15 is 0 Å². The molecular formula is C28H24F3N3O5S. The van der Waals surface area contributed by atoms with E-state index in [4.69, 9.17) is 4.74 Å². The van der Waals surface area contributed by atoms with Gasteiger partial charge >= 0.3 is 12.1 Å². The molecule has 0 saturated heterocycles. The van der Waals surface area contributed by atoms with Crippen molar-refractivity contribution in [2.45, 2.75) is 18.0 Å². The highest BCUT2D eigenvalue weighted by molar-refractivity contribution is 7.90. The number of benzene rings is 3. The van der Waals surface area contributed by atoms with E-state index < -0.39 is 33.9 Å². The van der Waals surface area contributed by atoms with Gasteiger partial charge in [-0.15, -0.1) is 0 Å². The Morgan fingerprint density at radius 1 is 0.975 bits per heavy atom. The predicted octanol–water partition coefficient (Wildman–Crippen LogP) is 4.95. The number of amides is 1. The number of ether oxygens (including phenoxy) is 1. The maximum Gasteiger partial charge on any atom is 0.471 e. The number of aromatic nitrogens is 2. The van der Waals surface area contributed by atoms with Gasteiger partial charge in [0.25, 0.3) is 0 Å². The van der Waals surface area contributed by atoms with E-state index in [1.807, 2.05) is 30.3 Å². The van der Waals surface area contributed by atoms with E-state index in [9.17, 15) is 26.4 Å². The molecule has 0 radical (unpaired) electrons. The monoisotopic (exact) mass is 571 g/mol. The Bertz CT molecular complexity index is 1540. The average molecular weight is 572 g/mol. The minimum atomic E-state index is -4.76. The van der Waals surface area contributed by atoms with Crippen LogP contribution in [0.4, 0.5) is 13.2 Å². The van der Waals surface area contributed by atoms with Gasteiger partial charge < -0.3 is 14.6 Å². The molecule has 3 aromatic carbocycles. The van der Waals surface area contributed by atoms with Crippen molar-refractivity contribution in [1.29, 1.82) is 0 Å². The first-order chi connectivity index (χ1) is 19.1. The molecule has 0 bridgehead atoms. The lowest BCUT2D eigenvalue weighted by Crippen LogP contribution is -2.43. The smallest absolute Gasteiger partial charge is 0.471 e. The summed E-state index contributed by atoms with van der Waals surface area (Å²) in [6, 6.07) is 22.7. The topological polar surface area (TPSA) is 111 Å². The van der Waals surface area contributed by atoms with Gasteiger partial charge in [0, 0.05) is 11.6 Å². The highest BCUT2D eigenvalue weighted by Gasteiger charge is 2.38. The van der Waals surface area contributed by atoms with Crippen molar-refractivity contribution in [2.75, 3.05) is 12.4 Å². The first kappa shape index (κ1) is 28.6. The van der Waals surface area contributed by atoms with Crippen molar-refractivity contribution in [3.05, 3.63) is 108 Å². The van der Waals surface area contributed by atoms with Gasteiger partial charge in [-0.3, -0.25) is 4.79 Å². The summed E-state index contributed by atoms with van der Waals surface area (Å²) in [5.74, 6) is -2.50. The van der Waals surface area contributed by atoms with Crippen LogP contribution in [-0.4, -0.2) is 42.9 Å². The van der Waals surface area contributed by atoms with Gasteiger partial charge in [0.1, 0.15) is 12.4 Å². The highest BCUT2D eigenvalue weighted by Crippen LogP contribution is 2.29. The summed E-state index contributed by atoms with van der Waals surface area (Å²) >= 11 is 0. The zero-order chi connectivity index (χ0) is 28.6. The first-order valence-electron chi connectivity index (χ1n) is 12.0. The molecule has 0 aliphatic carbocycles. The molecule has 8 nitrogen and oxygen atoms in total. The molecule has 12 heteroatoms. The second kappa shape index (κ2) is 12.6. The number of rotatable bonds is 11. The SMILES string of the molecule is O=C(/C=C/c1ccccc1)N[C@H](COc1ccc(-c2noc(C(F)(F)F)n2)cc1)CS(=O)(=O)Cc1ccccc1. The number of hydrogen-bond donors (Lipinski definition) is 1. The Morgan fingerprint density at radius 2 is 1.62 bits per heavy atom. The fourth-order valence-corrected chi connectivity index (χ4v) is 5.27. The number of nitrogens with zero attached hydrogens (tertiary/aromatic N) is 2. The number of nitrogens with one attached hydrogen (secondary N) is 1. The number of halogens is 3. The second-order valence-electron chi connectivity index (χ2n) is 8.75. The van der Waals surface area contributed by atoms with Gasteiger partial charge in [-0.1, -0.05) is 65.8 Å². The van der Waals surface area contributed by atoms with E-state index in [2.05, 4.69) is 20.0 Å². The lowest BCUT2D eigenvalue weighted by molar-refractivity contribution is -0.159. The van der Waals surface area contributed by atoms with Gasteiger partial charge in [0.15, 0.2) is 9.84 Å². The summed E-state index contributed by atoms with van der Waals surface area (Å²) in [6.45, 7) is -0.182. The molecule has 1 atom stereocenters. The Balaban J connectivity index is 1.44. The summed E-state index contributed by atoms with van der Waals surface area (Å²) in [4.78, 5) is 15.9. The number of hydrogen-bond acceptors (Lipinski definition) is 7. The minimum absolute atomic E-state index is 0.182. The predicted molar refractivity (Wildman–Crippen MR) is 142 cm³/mol. The Labute approximate surface area is 228 Å². The third kappa shape index (κ3) is 8.53.